The molecule has 1 aromatic carbocycles. The number of hydrogen-bond acceptors (Lipinski definition) is 3. The predicted octanol–water partition coefficient (Wildman–Crippen LogP) is 3.26. The molecule has 0 radical (unpaired) electrons. The van der Waals surface area contributed by atoms with Gasteiger partial charge in [0.2, 0.25) is 10.0 Å². The van der Waals surface area contributed by atoms with Gasteiger partial charge in [-0.15, -0.1) is 0 Å². The third kappa shape index (κ3) is 3.46. The van der Waals surface area contributed by atoms with Gasteiger partial charge in [-0.05, 0) is 44.9 Å². The van der Waals surface area contributed by atoms with E-state index >= 15 is 0 Å². The maximum Gasteiger partial charge on any atom is 0.336 e. The molecule has 118 valence electrons. The molecule has 5 nitrogen and oxygen atoms in total. The molecule has 1 aromatic rings. The number of aromatic carboxylic acids is 1. The summed E-state index contributed by atoms with van der Waals surface area (Å²) >= 11 is 3.23. The summed E-state index contributed by atoms with van der Waals surface area (Å²) in [6.07, 6.45) is 0.640. The topological polar surface area (TPSA) is 74.7 Å². The number of sulfonamides is 1. The van der Waals surface area contributed by atoms with Crippen LogP contribution in [0.25, 0.3) is 0 Å². The number of nitrogens with zero attached hydrogens (tertiary/aromatic N) is 1. The number of hydrogen-bond donors (Lipinski definition) is 1. The van der Waals surface area contributed by atoms with Crippen LogP contribution < -0.4 is 0 Å². The lowest BCUT2D eigenvalue weighted by Crippen LogP contribution is -2.44. The number of carboxylic acids is 1. The first kappa shape index (κ1) is 18.1. The number of rotatable bonds is 5. The van der Waals surface area contributed by atoms with Crippen molar-refractivity contribution in [3.05, 3.63) is 27.7 Å². The van der Waals surface area contributed by atoms with Gasteiger partial charge in [-0.3, -0.25) is 0 Å². The molecule has 0 spiro atoms. The molecule has 1 rings (SSSR count). The molecule has 0 aromatic heterocycles. The van der Waals surface area contributed by atoms with Crippen LogP contribution in [0.4, 0.5) is 0 Å². The van der Waals surface area contributed by atoms with Crippen molar-refractivity contribution in [2.45, 2.75) is 44.6 Å². The molecule has 0 amide bonds. The maximum absolute atomic E-state index is 12.7. The SMILES string of the molecule is CCC(C)(C)N(C)S(=O)(=O)c1cc(Br)c(C)c(C(=O)O)c1. The lowest BCUT2D eigenvalue weighted by atomic mass is 10.0. The molecule has 0 saturated carbocycles. The Balaban J connectivity index is 3.50. The third-order valence-corrected chi connectivity index (χ3v) is 6.79. The van der Waals surface area contributed by atoms with Gasteiger partial charge in [0, 0.05) is 17.1 Å². The van der Waals surface area contributed by atoms with E-state index < -0.39 is 21.5 Å². The second-order valence-corrected chi connectivity index (χ2v) is 8.34. The minimum absolute atomic E-state index is 0.0225. The fraction of sp³-hybridized carbons (Fsp3) is 0.500. The van der Waals surface area contributed by atoms with Gasteiger partial charge >= 0.3 is 5.97 Å². The first-order valence-electron chi connectivity index (χ1n) is 6.47. The van der Waals surface area contributed by atoms with E-state index in [1.54, 1.807) is 6.92 Å². The van der Waals surface area contributed by atoms with Crippen LogP contribution in [0.15, 0.2) is 21.5 Å². The van der Waals surface area contributed by atoms with Crippen molar-refractivity contribution in [2.24, 2.45) is 0 Å². The van der Waals surface area contributed by atoms with Crippen molar-refractivity contribution in [3.8, 4) is 0 Å². The van der Waals surface area contributed by atoms with Gasteiger partial charge in [0.1, 0.15) is 0 Å². The molecule has 0 unspecified atom stereocenters. The molecule has 1 N–H and O–H groups in total. The Hall–Kier alpha value is -0.920. The number of halogens is 1. The first-order valence-corrected chi connectivity index (χ1v) is 8.71. The first-order chi connectivity index (χ1) is 9.45. The standard InChI is InChI=1S/C14H20BrNO4S/c1-6-14(3,4)16(5)21(19,20)10-7-11(13(17)18)9(2)12(15)8-10/h7-8H,6H2,1-5H3,(H,17,18). The van der Waals surface area contributed by atoms with Crippen LogP contribution in [0.2, 0.25) is 0 Å². The summed E-state index contributed by atoms with van der Waals surface area (Å²) < 4.78 is 27.1. The van der Waals surface area contributed by atoms with Gasteiger partial charge in [-0.25, -0.2) is 13.2 Å². The second kappa shape index (κ2) is 6.06. The highest BCUT2D eigenvalue weighted by Crippen LogP contribution is 2.30. The van der Waals surface area contributed by atoms with Crippen LogP contribution in [-0.4, -0.2) is 36.4 Å². The summed E-state index contributed by atoms with van der Waals surface area (Å²) in [5.41, 5.74) is -0.0796. The van der Waals surface area contributed by atoms with Crippen molar-refractivity contribution in [1.29, 1.82) is 0 Å². The highest BCUT2D eigenvalue weighted by molar-refractivity contribution is 9.10. The zero-order valence-corrected chi connectivity index (χ0v) is 15.2. The zero-order chi connectivity index (χ0) is 16.6. The van der Waals surface area contributed by atoms with E-state index in [-0.39, 0.29) is 10.5 Å². The molecule has 0 saturated heterocycles. The predicted molar refractivity (Wildman–Crippen MR) is 85.2 cm³/mol. The van der Waals surface area contributed by atoms with Crippen LogP contribution in [-0.2, 0) is 10.0 Å². The number of carboxylic acid groups (broad SMARTS) is 1. The molecule has 7 heteroatoms. The van der Waals surface area contributed by atoms with Crippen LogP contribution in [0.5, 0.6) is 0 Å². The number of benzene rings is 1. The molecule has 0 heterocycles. The smallest absolute Gasteiger partial charge is 0.336 e. The minimum atomic E-state index is -3.76. The summed E-state index contributed by atoms with van der Waals surface area (Å²) in [6.45, 7) is 7.18. The summed E-state index contributed by atoms with van der Waals surface area (Å²) in [5.74, 6) is -1.15. The Bertz CT molecular complexity index is 668. The average Bonchev–Trinajstić information content (AvgIpc) is 2.40. The van der Waals surface area contributed by atoms with Gasteiger partial charge in [0.05, 0.1) is 10.5 Å². The molecule has 0 aliphatic rings. The fourth-order valence-electron chi connectivity index (χ4n) is 1.73. The fourth-order valence-corrected chi connectivity index (χ4v) is 3.97. The van der Waals surface area contributed by atoms with E-state index in [1.807, 2.05) is 20.8 Å². The average molecular weight is 378 g/mol. The van der Waals surface area contributed by atoms with Crippen molar-refractivity contribution in [3.63, 3.8) is 0 Å². The molecule has 0 aliphatic heterocycles. The summed E-state index contributed by atoms with van der Waals surface area (Å²) in [6, 6.07) is 2.65. The van der Waals surface area contributed by atoms with E-state index in [1.165, 1.54) is 23.5 Å². The highest BCUT2D eigenvalue weighted by atomic mass is 79.9. The van der Waals surface area contributed by atoms with Crippen molar-refractivity contribution >= 4 is 31.9 Å². The van der Waals surface area contributed by atoms with Gasteiger partial charge < -0.3 is 5.11 Å². The Morgan fingerprint density at radius 1 is 1.38 bits per heavy atom. The van der Waals surface area contributed by atoms with Gasteiger partial charge in [-0.2, -0.15) is 4.31 Å². The normalized spacial score (nSPS) is 12.7. The monoisotopic (exact) mass is 377 g/mol. The molecule has 0 bridgehead atoms. The lowest BCUT2D eigenvalue weighted by molar-refractivity contribution is 0.0695. The molecular formula is C14H20BrNO4S. The van der Waals surface area contributed by atoms with E-state index in [9.17, 15) is 18.3 Å². The van der Waals surface area contributed by atoms with Gasteiger partial charge in [0.15, 0.2) is 0 Å². The van der Waals surface area contributed by atoms with Crippen LogP contribution in [0.1, 0.15) is 43.1 Å². The van der Waals surface area contributed by atoms with E-state index in [0.29, 0.717) is 16.5 Å². The lowest BCUT2D eigenvalue weighted by Gasteiger charge is -2.33. The van der Waals surface area contributed by atoms with Gasteiger partial charge in [0.25, 0.3) is 0 Å². The van der Waals surface area contributed by atoms with E-state index in [2.05, 4.69) is 15.9 Å². The van der Waals surface area contributed by atoms with E-state index in [0.717, 1.165) is 0 Å². The summed E-state index contributed by atoms with van der Waals surface area (Å²) in [5, 5.41) is 9.20. The third-order valence-electron chi connectivity index (χ3n) is 3.92. The Morgan fingerprint density at radius 2 is 1.90 bits per heavy atom. The Labute approximate surface area is 134 Å². The summed E-state index contributed by atoms with van der Waals surface area (Å²) in [4.78, 5) is 11.2. The van der Waals surface area contributed by atoms with Gasteiger partial charge in [-0.1, -0.05) is 22.9 Å². The molecule has 0 fully saturated rings. The highest BCUT2D eigenvalue weighted by Gasteiger charge is 2.33. The van der Waals surface area contributed by atoms with Crippen LogP contribution in [0, 0.1) is 6.92 Å². The molecule has 21 heavy (non-hydrogen) atoms. The largest absolute Gasteiger partial charge is 0.478 e. The van der Waals surface area contributed by atoms with Crippen molar-refractivity contribution in [2.75, 3.05) is 7.05 Å². The van der Waals surface area contributed by atoms with Crippen LogP contribution >= 0.6 is 15.9 Å². The Morgan fingerprint density at radius 3 is 2.33 bits per heavy atom. The van der Waals surface area contributed by atoms with Crippen LogP contribution in [0.3, 0.4) is 0 Å². The zero-order valence-electron chi connectivity index (χ0n) is 12.8. The number of carbonyl (C=O) groups is 1. The molecule has 0 atom stereocenters. The second-order valence-electron chi connectivity index (χ2n) is 5.52. The summed E-state index contributed by atoms with van der Waals surface area (Å²) in [7, 11) is -2.26. The van der Waals surface area contributed by atoms with E-state index in [4.69, 9.17) is 0 Å². The van der Waals surface area contributed by atoms with Crippen molar-refractivity contribution < 1.29 is 18.3 Å². The Kier molecular flexibility index (Phi) is 5.23. The molecule has 0 aliphatic carbocycles. The molecular weight excluding hydrogens is 358 g/mol. The minimum Gasteiger partial charge on any atom is -0.478 e. The maximum atomic E-state index is 12.7. The quantitative estimate of drug-likeness (QED) is 0.854. The van der Waals surface area contributed by atoms with Crippen molar-refractivity contribution in [1.82, 2.24) is 4.31 Å².